The van der Waals surface area contributed by atoms with Gasteiger partial charge in [-0.25, -0.2) is 0 Å². The number of aryl methyl sites for hydroxylation is 1. The molecule has 2 atom stereocenters. The van der Waals surface area contributed by atoms with Crippen molar-refractivity contribution in [2.45, 2.75) is 51.7 Å². The third-order valence-electron chi connectivity index (χ3n) is 3.75. The molecular formula is C16H25NO. The Morgan fingerprint density at radius 3 is 2.89 bits per heavy atom. The SMILES string of the molecule is CCCNC1CCOC(c2ccccc2CC)C1. The molecule has 2 rings (SSSR count). The van der Waals surface area contributed by atoms with Crippen molar-refractivity contribution >= 4 is 0 Å². The van der Waals surface area contributed by atoms with Gasteiger partial charge in [0.2, 0.25) is 0 Å². The minimum absolute atomic E-state index is 0.282. The zero-order valence-electron chi connectivity index (χ0n) is 11.6. The van der Waals surface area contributed by atoms with Gasteiger partial charge in [-0.1, -0.05) is 38.1 Å². The highest BCUT2D eigenvalue weighted by Crippen LogP contribution is 2.30. The van der Waals surface area contributed by atoms with Crippen molar-refractivity contribution in [1.29, 1.82) is 0 Å². The van der Waals surface area contributed by atoms with Crippen LogP contribution >= 0.6 is 0 Å². The summed E-state index contributed by atoms with van der Waals surface area (Å²) in [6.45, 7) is 6.43. The summed E-state index contributed by atoms with van der Waals surface area (Å²) in [5, 5.41) is 3.63. The van der Waals surface area contributed by atoms with Gasteiger partial charge in [-0.05, 0) is 43.4 Å². The van der Waals surface area contributed by atoms with Gasteiger partial charge in [0.15, 0.2) is 0 Å². The summed E-state index contributed by atoms with van der Waals surface area (Å²) in [6.07, 6.45) is 4.82. The number of ether oxygens (including phenoxy) is 1. The maximum absolute atomic E-state index is 5.98. The van der Waals surface area contributed by atoms with Crippen LogP contribution in [0.15, 0.2) is 24.3 Å². The maximum Gasteiger partial charge on any atom is 0.0842 e. The van der Waals surface area contributed by atoms with Crippen LogP contribution in [0.1, 0.15) is 50.3 Å². The zero-order valence-corrected chi connectivity index (χ0v) is 11.6. The van der Waals surface area contributed by atoms with Gasteiger partial charge in [-0.2, -0.15) is 0 Å². The second-order valence-corrected chi connectivity index (χ2v) is 5.09. The van der Waals surface area contributed by atoms with Gasteiger partial charge in [-0.15, -0.1) is 0 Å². The molecule has 100 valence electrons. The van der Waals surface area contributed by atoms with E-state index in [-0.39, 0.29) is 6.10 Å². The number of benzene rings is 1. The van der Waals surface area contributed by atoms with Crippen LogP contribution in [-0.2, 0) is 11.2 Å². The molecule has 2 nitrogen and oxygen atoms in total. The van der Waals surface area contributed by atoms with E-state index < -0.39 is 0 Å². The van der Waals surface area contributed by atoms with Crippen molar-refractivity contribution in [2.75, 3.05) is 13.2 Å². The highest BCUT2D eigenvalue weighted by molar-refractivity contribution is 5.29. The Kier molecular flexibility index (Phi) is 5.21. The fourth-order valence-corrected chi connectivity index (χ4v) is 2.72. The van der Waals surface area contributed by atoms with Gasteiger partial charge in [0.1, 0.15) is 0 Å². The van der Waals surface area contributed by atoms with Gasteiger partial charge in [0, 0.05) is 12.6 Å². The van der Waals surface area contributed by atoms with Crippen LogP contribution in [0.5, 0.6) is 0 Å². The third kappa shape index (κ3) is 3.33. The lowest BCUT2D eigenvalue weighted by molar-refractivity contribution is -0.000101. The van der Waals surface area contributed by atoms with Gasteiger partial charge < -0.3 is 10.1 Å². The highest BCUT2D eigenvalue weighted by Gasteiger charge is 2.24. The van der Waals surface area contributed by atoms with E-state index in [2.05, 4.69) is 43.4 Å². The molecule has 0 saturated carbocycles. The fourth-order valence-electron chi connectivity index (χ4n) is 2.72. The van der Waals surface area contributed by atoms with E-state index in [1.54, 1.807) is 0 Å². The third-order valence-corrected chi connectivity index (χ3v) is 3.75. The molecule has 2 unspecified atom stereocenters. The molecule has 0 radical (unpaired) electrons. The van der Waals surface area contributed by atoms with Gasteiger partial charge in [0.25, 0.3) is 0 Å². The van der Waals surface area contributed by atoms with Crippen molar-refractivity contribution in [1.82, 2.24) is 5.32 Å². The van der Waals surface area contributed by atoms with Gasteiger partial charge >= 0.3 is 0 Å². The Labute approximate surface area is 111 Å². The Morgan fingerprint density at radius 2 is 2.11 bits per heavy atom. The Bertz CT molecular complexity index is 364. The zero-order chi connectivity index (χ0) is 12.8. The first-order valence-electron chi connectivity index (χ1n) is 7.28. The molecule has 1 saturated heterocycles. The smallest absolute Gasteiger partial charge is 0.0842 e. The van der Waals surface area contributed by atoms with E-state index in [1.165, 1.54) is 17.5 Å². The maximum atomic E-state index is 5.98. The minimum Gasteiger partial charge on any atom is -0.373 e. The largest absolute Gasteiger partial charge is 0.373 e. The number of nitrogens with one attached hydrogen (secondary N) is 1. The van der Waals surface area contributed by atoms with E-state index >= 15 is 0 Å². The summed E-state index contributed by atoms with van der Waals surface area (Å²) in [5.74, 6) is 0. The molecule has 1 aromatic rings. The fraction of sp³-hybridized carbons (Fsp3) is 0.625. The highest BCUT2D eigenvalue weighted by atomic mass is 16.5. The molecule has 1 aliphatic heterocycles. The normalized spacial score (nSPS) is 24.1. The van der Waals surface area contributed by atoms with E-state index in [0.717, 1.165) is 32.4 Å². The predicted molar refractivity (Wildman–Crippen MR) is 75.8 cm³/mol. The van der Waals surface area contributed by atoms with E-state index in [0.29, 0.717) is 6.04 Å². The van der Waals surface area contributed by atoms with Gasteiger partial charge in [-0.3, -0.25) is 0 Å². The molecular weight excluding hydrogens is 222 g/mol. The van der Waals surface area contributed by atoms with Crippen molar-refractivity contribution < 1.29 is 4.74 Å². The molecule has 1 heterocycles. The first-order chi connectivity index (χ1) is 8.85. The second-order valence-electron chi connectivity index (χ2n) is 5.09. The monoisotopic (exact) mass is 247 g/mol. The summed E-state index contributed by atoms with van der Waals surface area (Å²) < 4.78 is 5.98. The first kappa shape index (κ1) is 13.6. The molecule has 2 heteroatoms. The van der Waals surface area contributed by atoms with Gasteiger partial charge in [0.05, 0.1) is 6.10 Å². The van der Waals surface area contributed by atoms with E-state index in [9.17, 15) is 0 Å². The number of hydrogen-bond donors (Lipinski definition) is 1. The molecule has 18 heavy (non-hydrogen) atoms. The van der Waals surface area contributed by atoms with Crippen LogP contribution in [0.4, 0.5) is 0 Å². The van der Waals surface area contributed by atoms with Crippen molar-refractivity contribution in [2.24, 2.45) is 0 Å². The molecule has 0 bridgehead atoms. The van der Waals surface area contributed by atoms with Crippen molar-refractivity contribution in [3.8, 4) is 0 Å². The van der Waals surface area contributed by atoms with Crippen LogP contribution in [-0.4, -0.2) is 19.2 Å². The molecule has 1 aliphatic rings. The molecule has 0 amide bonds. The van der Waals surface area contributed by atoms with E-state index in [1.807, 2.05) is 0 Å². The Morgan fingerprint density at radius 1 is 1.28 bits per heavy atom. The Balaban J connectivity index is 2.03. The molecule has 1 aromatic carbocycles. The van der Waals surface area contributed by atoms with Crippen LogP contribution in [0, 0.1) is 0 Å². The topological polar surface area (TPSA) is 21.3 Å². The summed E-state index contributed by atoms with van der Waals surface area (Å²) in [4.78, 5) is 0. The summed E-state index contributed by atoms with van der Waals surface area (Å²) >= 11 is 0. The molecule has 0 aromatic heterocycles. The average Bonchev–Trinajstić information content (AvgIpc) is 2.45. The summed E-state index contributed by atoms with van der Waals surface area (Å²) in [7, 11) is 0. The lowest BCUT2D eigenvalue weighted by atomic mass is 9.93. The minimum atomic E-state index is 0.282. The summed E-state index contributed by atoms with van der Waals surface area (Å²) in [5.41, 5.74) is 2.82. The number of rotatable bonds is 5. The summed E-state index contributed by atoms with van der Waals surface area (Å²) in [6, 6.07) is 9.32. The predicted octanol–water partition coefficient (Wildman–Crippen LogP) is 3.47. The lowest BCUT2D eigenvalue weighted by Crippen LogP contribution is -2.36. The Hall–Kier alpha value is -0.860. The average molecular weight is 247 g/mol. The van der Waals surface area contributed by atoms with Crippen molar-refractivity contribution in [3.05, 3.63) is 35.4 Å². The van der Waals surface area contributed by atoms with Crippen LogP contribution in [0.25, 0.3) is 0 Å². The second kappa shape index (κ2) is 6.91. The standard InChI is InChI=1S/C16H25NO/c1-3-10-17-14-9-11-18-16(12-14)15-8-6-5-7-13(15)4-2/h5-8,14,16-17H,3-4,9-12H2,1-2H3. The quantitative estimate of drug-likeness (QED) is 0.860. The lowest BCUT2D eigenvalue weighted by Gasteiger charge is -2.31. The number of hydrogen-bond acceptors (Lipinski definition) is 2. The molecule has 1 fully saturated rings. The van der Waals surface area contributed by atoms with Crippen LogP contribution in [0.2, 0.25) is 0 Å². The molecule has 0 aliphatic carbocycles. The van der Waals surface area contributed by atoms with Crippen LogP contribution < -0.4 is 5.32 Å². The first-order valence-corrected chi connectivity index (χ1v) is 7.28. The van der Waals surface area contributed by atoms with Crippen LogP contribution in [0.3, 0.4) is 0 Å². The van der Waals surface area contributed by atoms with E-state index in [4.69, 9.17) is 4.74 Å². The van der Waals surface area contributed by atoms with Crippen molar-refractivity contribution in [3.63, 3.8) is 0 Å². The molecule has 1 N–H and O–H groups in total. The molecule has 0 spiro atoms.